The minimum Gasteiger partial charge on any atom is -0.319 e. The maximum absolute atomic E-state index is 13.0. The lowest BCUT2D eigenvalue weighted by Crippen LogP contribution is -2.16. The molecule has 6 heteroatoms. The van der Waals surface area contributed by atoms with E-state index in [1.807, 2.05) is 30.3 Å². The number of anilines is 1. The van der Waals surface area contributed by atoms with Crippen molar-refractivity contribution < 1.29 is 9.18 Å². The second kappa shape index (κ2) is 5.99. The fourth-order valence-electron chi connectivity index (χ4n) is 2.03. The number of carbonyl (C=O) groups excluding carboxylic acids is 1. The molecule has 1 aromatic heterocycles. The van der Waals surface area contributed by atoms with E-state index < -0.39 is 5.82 Å². The second-order valence-electron chi connectivity index (χ2n) is 4.56. The van der Waals surface area contributed by atoms with Crippen LogP contribution in [0.15, 0.2) is 61.1 Å². The van der Waals surface area contributed by atoms with Gasteiger partial charge in [0.1, 0.15) is 11.5 Å². The van der Waals surface area contributed by atoms with Crippen LogP contribution in [0.1, 0.15) is 10.5 Å². The summed E-state index contributed by atoms with van der Waals surface area (Å²) in [5, 5.41) is 2.79. The Bertz CT molecular complexity index is 817. The predicted molar refractivity (Wildman–Crippen MR) is 82.9 cm³/mol. The molecule has 0 spiro atoms. The van der Waals surface area contributed by atoms with Crippen LogP contribution in [0.25, 0.3) is 5.69 Å². The van der Waals surface area contributed by atoms with Crippen molar-refractivity contribution in [1.82, 2.24) is 9.55 Å². The van der Waals surface area contributed by atoms with Gasteiger partial charge in [0, 0.05) is 5.69 Å². The lowest BCUT2D eigenvalue weighted by molar-refractivity contribution is 0.102. The highest BCUT2D eigenvalue weighted by Crippen LogP contribution is 2.23. The molecule has 22 heavy (non-hydrogen) atoms. The van der Waals surface area contributed by atoms with Crippen LogP contribution in [0.5, 0.6) is 0 Å². The van der Waals surface area contributed by atoms with Gasteiger partial charge in [-0.25, -0.2) is 9.37 Å². The number of imidazole rings is 1. The number of carbonyl (C=O) groups is 1. The second-order valence-corrected chi connectivity index (χ2v) is 4.97. The molecule has 0 unspecified atom stereocenters. The number of halogens is 2. The minimum atomic E-state index is -0.461. The van der Waals surface area contributed by atoms with Gasteiger partial charge in [0.2, 0.25) is 0 Å². The topological polar surface area (TPSA) is 46.9 Å². The van der Waals surface area contributed by atoms with Crippen molar-refractivity contribution in [3.8, 4) is 5.69 Å². The number of hydrogen-bond donors (Lipinski definition) is 1. The van der Waals surface area contributed by atoms with Crippen LogP contribution >= 0.6 is 11.6 Å². The third-order valence-electron chi connectivity index (χ3n) is 3.08. The number of hydrogen-bond acceptors (Lipinski definition) is 2. The van der Waals surface area contributed by atoms with E-state index in [0.717, 1.165) is 11.8 Å². The number of para-hydroxylation sites is 1. The van der Waals surface area contributed by atoms with Gasteiger partial charge >= 0.3 is 0 Å². The van der Waals surface area contributed by atoms with Crippen LogP contribution in [0.2, 0.25) is 5.02 Å². The monoisotopic (exact) mass is 315 g/mol. The molecule has 0 saturated heterocycles. The minimum absolute atomic E-state index is 0.138. The molecule has 0 aliphatic heterocycles. The fourth-order valence-corrected chi connectivity index (χ4v) is 2.25. The lowest BCUT2D eigenvalue weighted by atomic mass is 10.3. The summed E-state index contributed by atoms with van der Waals surface area (Å²) in [6.45, 7) is 0. The van der Waals surface area contributed by atoms with Gasteiger partial charge in [-0.3, -0.25) is 9.36 Å². The van der Waals surface area contributed by atoms with Crippen LogP contribution in [0.3, 0.4) is 0 Å². The highest BCUT2D eigenvalue weighted by atomic mass is 35.5. The number of benzene rings is 2. The summed E-state index contributed by atoms with van der Waals surface area (Å²) in [4.78, 5) is 16.4. The lowest BCUT2D eigenvalue weighted by Gasteiger charge is -2.10. The van der Waals surface area contributed by atoms with E-state index in [4.69, 9.17) is 11.6 Å². The summed E-state index contributed by atoms with van der Waals surface area (Å²) in [6, 6.07) is 13.1. The Labute approximate surface area is 131 Å². The Morgan fingerprint density at radius 2 is 1.95 bits per heavy atom. The van der Waals surface area contributed by atoms with E-state index in [1.165, 1.54) is 18.3 Å². The molecule has 0 fully saturated rings. The van der Waals surface area contributed by atoms with E-state index in [1.54, 1.807) is 10.9 Å². The van der Waals surface area contributed by atoms with Gasteiger partial charge in [0.25, 0.3) is 5.91 Å². The van der Waals surface area contributed by atoms with Gasteiger partial charge in [-0.1, -0.05) is 29.8 Å². The molecule has 1 N–H and O–H groups in total. The van der Waals surface area contributed by atoms with Gasteiger partial charge in [-0.2, -0.15) is 0 Å². The summed E-state index contributed by atoms with van der Waals surface area (Å²) >= 11 is 5.91. The normalized spacial score (nSPS) is 10.5. The first-order chi connectivity index (χ1) is 10.6. The number of nitrogens with one attached hydrogen (secondary N) is 1. The van der Waals surface area contributed by atoms with Gasteiger partial charge in [0.15, 0.2) is 0 Å². The number of rotatable bonds is 3. The van der Waals surface area contributed by atoms with E-state index in [9.17, 15) is 9.18 Å². The van der Waals surface area contributed by atoms with Crippen LogP contribution < -0.4 is 5.32 Å². The van der Waals surface area contributed by atoms with Crippen molar-refractivity contribution in [2.75, 3.05) is 5.32 Å². The summed E-state index contributed by atoms with van der Waals surface area (Å²) in [5.74, 6) is -0.841. The number of aromatic nitrogens is 2. The zero-order valence-electron chi connectivity index (χ0n) is 11.3. The maximum atomic E-state index is 13.0. The van der Waals surface area contributed by atoms with Crippen molar-refractivity contribution in [1.29, 1.82) is 0 Å². The average Bonchev–Trinajstić information content (AvgIpc) is 3.00. The molecular formula is C16H11ClFN3O. The van der Waals surface area contributed by atoms with Crippen molar-refractivity contribution in [3.63, 3.8) is 0 Å². The third kappa shape index (κ3) is 2.84. The third-order valence-corrected chi connectivity index (χ3v) is 3.40. The van der Waals surface area contributed by atoms with Gasteiger partial charge in [0.05, 0.1) is 23.2 Å². The molecular weight excluding hydrogens is 305 g/mol. The molecule has 4 nitrogen and oxygen atoms in total. The summed E-state index contributed by atoms with van der Waals surface area (Å²) in [6.07, 6.45) is 3.01. The fraction of sp³-hybridized carbons (Fsp3) is 0. The van der Waals surface area contributed by atoms with E-state index in [2.05, 4.69) is 10.3 Å². The first-order valence-corrected chi connectivity index (χ1v) is 6.87. The molecule has 0 aliphatic rings. The van der Waals surface area contributed by atoms with Crippen LogP contribution in [0, 0.1) is 5.82 Å². The van der Waals surface area contributed by atoms with Crippen molar-refractivity contribution >= 4 is 23.2 Å². The Morgan fingerprint density at radius 1 is 1.18 bits per heavy atom. The molecule has 1 heterocycles. The highest BCUT2D eigenvalue weighted by molar-refractivity contribution is 6.33. The Hall–Kier alpha value is -2.66. The van der Waals surface area contributed by atoms with Gasteiger partial charge < -0.3 is 5.32 Å². The molecule has 0 atom stereocenters. The zero-order valence-corrected chi connectivity index (χ0v) is 12.1. The van der Waals surface area contributed by atoms with Crippen LogP contribution in [-0.4, -0.2) is 15.5 Å². The van der Waals surface area contributed by atoms with Crippen LogP contribution in [-0.2, 0) is 0 Å². The van der Waals surface area contributed by atoms with Gasteiger partial charge in [-0.05, 0) is 30.3 Å². The van der Waals surface area contributed by atoms with Crippen LogP contribution in [0.4, 0.5) is 10.1 Å². The quantitative estimate of drug-likeness (QED) is 0.796. The molecule has 0 bridgehead atoms. The molecule has 0 aliphatic carbocycles. The Morgan fingerprint density at radius 3 is 2.68 bits per heavy atom. The first kappa shape index (κ1) is 14.3. The molecule has 1 amide bonds. The molecule has 0 radical (unpaired) electrons. The summed E-state index contributed by atoms with van der Waals surface area (Å²) < 4.78 is 14.7. The predicted octanol–water partition coefficient (Wildman–Crippen LogP) is 3.92. The SMILES string of the molecule is O=C(Nc1ccc(F)cc1Cl)c1cncn1-c1ccccc1. The van der Waals surface area contributed by atoms with E-state index >= 15 is 0 Å². The number of nitrogens with zero attached hydrogens (tertiary/aromatic N) is 2. The number of amides is 1. The molecule has 3 rings (SSSR count). The zero-order chi connectivity index (χ0) is 15.5. The molecule has 3 aromatic rings. The maximum Gasteiger partial charge on any atom is 0.274 e. The summed E-state index contributed by atoms with van der Waals surface area (Å²) in [7, 11) is 0. The van der Waals surface area contributed by atoms with Crippen molar-refractivity contribution in [3.05, 3.63) is 77.6 Å². The highest BCUT2D eigenvalue weighted by Gasteiger charge is 2.14. The molecule has 2 aromatic carbocycles. The standard InChI is InChI=1S/C16H11ClFN3O/c17-13-8-11(18)6-7-14(13)20-16(22)15-9-19-10-21(15)12-4-2-1-3-5-12/h1-10H,(H,20,22). The van der Waals surface area contributed by atoms with E-state index in [0.29, 0.717) is 11.4 Å². The largest absolute Gasteiger partial charge is 0.319 e. The molecule has 0 saturated carbocycles. The van der Waals surface area contributed by atoms with Crippen molar-refractivity contribution in [2.24, 2.45) is 0 Å². The smallest absolute Gasteiger partial charge is 0.274 e. The molecule has 110 valence electrons. The van der Waals surface area contributed by atoms with E-state index in [-0.39, 0.29) is 10.9 Å². The Kier molecular flexibility index (Phi) is 3.89. The Balaban J connectivity index is 1.89. The first-order valence-electron chi connectivity index (χ1n) is 6.49. The average molecular weight is 316 g/mol. The van der Waals surface area contributed by atoms with Crippen molar-refractivity contribution in [2.45, 2.75) is 0 Å². The van der Waals surface area contributed by atoms with Gasteiger partial charge in [-0.15, -0.1) is 0 Å². The summed E-state index contributed by atoms with van der Waals surface area (Å²) in [5.41, 5.74) is 1.51.